The molecule has 1 saturated heterocycles. The van der Waals surface area contributed by atoms with Crippen LogP contribution < -0.4 is 10.1 Å². The summed E-state index contributed by atoms with van der Waals surface area (Å²) in [5, 5.41) is 0.111. The number of esters is 1. The van der Waals surface area contributed by atoms with Gasteiger partial charge in [0.1, 0.15) is 11.6 Å². The maximum absolute atomic E-state index is 12.2. The molecule has 1 N–H and O–H groups in total. The maximum atomic E-state index is 12.2. The van der Waals surface area contributed by atoms with Gasteiger partial charge in [-0.15, -0.1) is 11.8 Å². The third-order valence-electron chi connectivity index (χ3n) is 4.41. The number of fused-ring (bicyclic) bond motifs is 1. The molecule has 8 heteroatoms. The van der Waals surface area contributed by atoms with Crippen molar-refractivity contribution in [3.63, 3.8) is 0 Å². The SMILES string of the molecule is O=C(OCSc1cc[n+](NCC2CC2)cc1)C1=CCS[C@H]2CC(=O)N12. The third kappa shape index (κ3) is 3.95. The Morgan fingerprint density at radius 3 is 2.92 bits per heavy atom. The van der Waals surface area contributed by atoms with Gasteiger partial charge in [0, 0.05) is 22.8 Å². The summed E-state index contributed by atoms with van der Waals surface area (Å²) in [6.07, 6.45) is 8.88. The molecule has 3 aliphatic rings. The van der Waals surface area contributed by atoms with Gasteiger partial charge in [0.25, 0.3) is 0 Å². The molecule has 4 rings (SSSR count). The van der Waals surface area contributed by atoms with E-state index in [0.29, 0.717) is 12.1 Å². The van der Waals surface area contributed by atoms with Crippen LogP contribution in [-0.4, -0.2) is 40.4 Å². The van der Waals surface area contributed by atoms with Crippen molar-refractivity contribution in [2.24, 2.45) is 5.92 Å². The number of nitrogens with one attached hydrogen (secondary N) is 1. The Hall–Kier alpha value is -1.67. The molecule has 6 nitrogen and oxygen atoms in total. The van der Waals surface area contributed by atoms with Gasteiger partial charge in [-0.2, -0.15) is 5.43 Å². The molecule has 3 heterocycles. The van der Waals surface area contributed by atoms with E-state index in [9.17, 15) is 9.59 Å². The lowest BCUT2D eigenvalue weighted by molar-refractivity contribution is -0.650. The quantitative estimate of drug-likeness (QED) is 0.256. The minimum absolute atomic E-state index is 0.000589. The average Bonchev–Trinajstić information content (AvgIpc) is 3.44. The fourth-order valence-corrected chi connectivity index (χ4v) is 4.46. The minimum atomic E-state index is -0.414. The molecule has 1 aliphatic carbocycles. The van der Waals surface area contributed by atoms with Crippen molar-refractivity contribution < 1.29 is 19.0 Å². The summed E-state index contributed by atoms with van der Waals surface area (Å²) in [7, 11) is 0. The molecule has 2 fully saturated rings. The van der Waals surface area contributed by atoms with Gasteiger partial charge >= 0.3 is 5.97 Å². The number of rotatable bonds is 7. The molecule has 0 bridgehead atoms. The van der Waals surface area contributed by atoms with Gasteiger partial charge < -0.3 is 4.74 Å². The van der Waals surface area contributed by atoms with E-state index in [1.54, 1.807) is 22.7 Å². The van der Waals surface area contributed by atoms with Crippen LogP contribution >= 0.6 is 23.5 Å². The van der Waals surface area contributed by atoms with E-state index in [-0.39, 0.29) is 17.2 Å². The summed E-state index contributed by atoms with van der Waals surface area (Å²) in [6.45, 7) is 1.01. The smallest absolute Gasteiger partial charge is 0.355 e. The second kappa shape index (κ2) is 7.29. The number of amides is 1. The van der Waals surface area contributed by atoms with Crippen molar-refractivity contribution in [1.82, 2.24) is 4.90 Å². The number of nitrogens with zero attached hydrogens (tertiary/aromatic N) is 2. The predicted molar refractivity (Wildman–Crippen MR) is 96.2 cm³/mol. The maximum Gasteiger partial charge on any atom is 0.355 e. The van der Waals surface area contributed by atoms with Crippen LogP contribution in [0.4, 0.5) is 0 Å². The second-order valence-electron chi connectivity index (χ2n) is 6.29. The van der Waals surface area contributed by atoms with Gasteiger partial charge in [0.05, 0.1) is 18.3 Å². The number of pyridine rings is 1. The molecule has 25 heavy (non-hydrogen) atoms. The van der Waals surface area contributed by atoms with E-state index in [1.807, 2.05) is 29.2 Å². The van der Waals surface area contributed by atoms with Crippen molar-refractivity contribution >= 4 is 35.4 Å². The third-order valence-corrected chi connectivity index (χ3v) is 6.38. The van der Waals surface area contributed by atoms with Crippen molar-refractivity contribution in [1.29, 1.82) is 0 Å². The minimum Gasteiger partial charge on any atom is -0.450 e. The van der Waals surface area contributed by atoms with Crippen LogP contribution in [0, 0.1) is 5.92 Å². The Kier molecular flexibility index (Phi) is 4.89. The fourth-order valence-electron chi connectivity index (χ4n) is 2.72. The molecular weight excluding hydrogens is 358 g/mol. The van der Waals surface area contributed by atoms with Crippen LogP contribution in [0.2, 0.25) is 0 Å². The average molecular weight is 378 g/mol. The summed E-state index contributed by atoms with van der Waals surface area (Å²) < 4.78 is 7.29. The molecule has 0 unspecified atom stereocenters. The number of aromatic nitrogens is 1. The zero-order valence-electron chi connectivity index (χ0n) is 13.7. The van der Waals surface area contributed by atoms with Gasteiger partial charge in [0.2, 0.25) is 18.3 Å². The largest absolute Gasteiger partial charge is 0.450 e. The Bertz CT molecular complexity index is 704. The number of β-lactam (4-membered cyclic amide) rings is 1. The van der Waals surface area contributed by atoms with Crippen LogP contribution in [0.15, 0.2) is 41.2 Å². The molecule has 1 amide bonds. The van der Waals surface area contributed by atoms with Gasteiger partial charge in [0.15, 0.2) is 0 Å². The highest BCUT2D eigenvalue weighted by atomic mass is 32.2. The van der Waals surface area contributed by atoms with Gasteiger partial charge in [-0.25, -0.2) is 4.79 Å². The fraction of sp³-hybridized carbons (Fsp3) is 0.471. The summed E-state index contributed by atoms with van der Waals surface area (Å²) in [4.78, 5) is 26.5. The summed E-state index contributed by atoms with van der Waals surface area (Å²) in [5.41, 5.74) is 3.74. The molecule has 0 radical (unpaired) electrons. The molecule has 2 aliphatic heterocycles. The van der Waals surface area contributed by atoms with Crippen molar-refractivity contribution in [3.8, 4) is 0 Å². The monoisotopic (exact) mass is 378 g/mol. The number of carbonyl (C=O) groups excluding carboxylic acids is 2. The Morgan fingerprint density at radius 1 is 1.40 bits per heavy atom. The van der Waals surface area contributed by atoms with E-state index >= 15 is 0 Å². The lowest BCUT2D eigenvalue weighted by Crippen LogP contribution is -2.53. The van der Waals surface area contributed by atoms with Crippen molar-refractivity contribution in [3.05, 3.63) is 36.3 Å². The molecular formula is C17H20N3O3S2+. The first-order valence-corrected chi connectivity index (χ1v) is 10.4. The van der Waals surface area contributed by atoms with E-state index in [0.717, 1.165) is 23.1 Å². The number of thioether (sulfide) groups is 2. The van der Waals surface area contributed by atoms with Crippen molar-refractivity contribution in [2.75, 3.05) is 23.7 Å². The number of hydrogen-bond donors (Lipinski definition) is 1. The predicted octanol–water partition coefficient (Wildman–Crippen LogP) is 1.71. The van der Waals surface area contributed by atoms with Crippen LogP contribution in [0.1, 0.15) is 19.3 Å². The zero-order valence-corrected chi connectivity index (χ0v) is 15.4. The van der Waals surface area contributed by atoms with E-state index in [1.165, 1.54) is 24.6 Å². The Labute approximate surface area is 154 Å². The van der Waals surface area contributed by atoms with Crippen LogP contribution in [0.25, 0.3) is 0 Å². The first kappa shape index (κ1) is 16.8. The standard InChI is InChI=1S/C17H20N3O3S2/c21-15-9-16-20(15)14(5-8-24-16)17(22)23-11-25-13-3-6-19(7-4-13)18-10-12-1-2-12/h3-7,12,16,18H,1-2,8-11H2/q+1/t16-/m0/s1. The highest BCUT2D eigenvalue weighted by molar-refractivity contribution is 8.00. The van der Waals surface area contributed by atoms with Crippen LogP contribution in [0.3, 0.4) is 0 Å². The molecule has 0 spiro atoms. The molecule has 1 aromatic rings. The van der Waals surface area contributed by atoms with Crippen LogP contribution in [-0.2, 0) is 14.3 Å². The lowest BCUT2D eigenvalue weighted by Gasteiger charge is -2.42. The van der Waals surface area contributed by atoms with E-state index < -0.39 is 5.97 Å². The lowest BCUT2D eigenvalue weighted by atomic mass is 10.1. The summed E-state index contributed by atoms with van der Waals surface area (Å²) in [6, 6.07) is 3.98. The number of ether oxygens (including phenoxy) is 1. The second-order valence-corrected chi connectivity index (χ2v) is 8.49. The highest BCUT2D eigenvalue weighted by Gasteiger charge is 2.43. The topological polar surface area (TPSA) is 62.5 Å². The zero-order chi connectivity index (χ0) is 17.2. The van der Waals surface area contributed by atoms with Gasteiger partial charge in [-0.05, 0) is 24.8 Å². The summed E-state index contributed by atoms with van der Waals surface area (Å²) in [5.74, 6) is 1.39. The molecule has 1 saturated carbocycles. The Morgan fingerprint density at radius 2 is 2.20 bits per heavy atom. The van der Waals surface area contributed by atoms with Crippen LogP contribution in [0.5, 0.6) is 0 Å². The van der Waals surface area contributed by atoms with Crippen molar-refractivity contribution in [2.45, 2.75) is 29.5 Å². The normalized spacial score (nSPS) is 21.9. The summed E-state index contributed by atoms with van der Waals surface area (Å²) >= 11 is 3.14. The molecule has 132 valence electrons. The number of hydrogen-bond acceptors (Lipinski definition) is 6. The molecule has 1 atom stereocenters. The highest BCUT2D eigenvalue weighted by Crippen LogP contribution is 2.37. The molecule has 0 aromatic carbocycles. The number of carbonyl (C=O) groups is 2. The van der Waals surface area contributed by atoms with Gasteiger partial charge in [-0.1, -0.05) is 16.4 Å². The van der Waals surface area contributed by atoms with Gasteiger partial charge in [-0.3, -0.25) is 9.69 Å². The van der Waals surface area contributed by atoms with E-state index in [2.05, 4.69) is 5.43 Å². The van der Waals surface area contributed by atoms with E-state index in [4.69, 9.17) is 4.74 Å². The Balaban J connectivity index is 1.23. The first-order valence-electron chi connectivity index (χ1n) is 8.39. The first-order chi connectivity index (χ1) is 12.2. The molecule has 1 aromatic heterocycles.